The molecule has 27 heavy (non-hydrogen) atoms. The molecule has 0 atom stereocenters. The van der Waals surface area contributed by atoms with Crippen LogP contribution in [-0.2, 0) is 0 Å². The minimum atomic E-state index is 0.0408. The van der Waals surface area contributed by atoms with E-state index in [9.17, 15) is 4.79 Å². The number of hydrogen-bond acceptors (Lipinski definition) is 4. The van der Waals surface area contributed by atoms with Gasteiger partial charge in [-0.25, -0.2) is 4.98 Å². The molecule has 5 heteroatoms. The van der Waals surface area contributed by atoms with Crippen molar-refractivity contribution in [3.8, 4) is 0 Å². The van der Waals surface area contributed by atoms with Crippen molar-refractivity contribution >= 4 is 28.6 Å². The number of aromatic nitrogens is 1. The van der Waals surface area contributed by atoms with E-state index in [-0.39, 0.29) is 5.91 Å². The van der Waals surface area contributed by atoms with Crippen LogP contribution in [0.5, 0.6) is 0 Å². The van der Waals surface area contributed by atoms with Crippen LogP contribution < -0.4 is 0 Å². The van der Waals surface area contributed by atoms with Gasteiger partial charge in [0, 0.05) is 48.8 Å². The van der Waals surface area contributed by atoms with Crippen LogP contribution in [0.2, 0.25) is 0 Å². The fraction of sp³-hybridized carbons (Fsp3) is 0.273. The van der Waals surface area contributed by atoms with Crippen LogP contribution in [0.4, 0.5) is 0 Å². The molecule has 3 aromatic rings. The summed E-state index contributed by atoms with van der Waals surface area (Å²) in [5.41, 5.74) is 1.42. The van der Waals surface area contributed by atoms with Crippen molar-refractivity contribution in [2.45, 2.75) is 4.90 Å². The summed E-state index contributed by atoms with van der Waals surface area (Å²) < 4.78 is 0. The Morgan fingerprint density at radius 1 is 0.889 bits per heavy atom. The molecule has 0 bridgehead atoms. The summed E-state index contributed by atoms with van der Waals surface area (Å²) in [4.78, 5) is 23.0. The monoisotopic (exact) mass is 377 g/mol. The minimum absolute atomic E-state index is 0.0408. The molecular weight excluding hydrogens is 354 g/mol. The number of hydrogen-bond donors (Lipinski definition) is 0. The van der Waals surface area contributed by atoms with Gasteiger partial charge in [0.05, 0.1) is 5.52 Å². The summed E-state index contributed by atoms with van der Waals surface area (Å²) >= 11 is 1.89. The Labute approximate surface area is 164 Å². The number of piperazine rings is 1. The maximum Gasteiger partial charge on any atom is 0.272 e. The van der Waals surface area contributed by atoms with Crippen molar-refractivity contribution < 1.29 is 4.79 Å². The first-order valence-electron chi connectivity index (χ1n) is 9.35. The lowest BCUT2D eigenvalue weighted by molar-refractivity contribution is 0.0639. The van der Waals surface area contributed by atoms with Crippen molar-refractivity contribution in [2.75, 3.05) is 38.5 Å². The maximum absolute atomic E-state index is 12.8. The van der Waals surface area contributed by atoms with Crippen molar-refractivity contribution in [3.63, 3.8) is 0 Å². The molecule has 2 heterocycles. The molecule has 0 aliphatic carbocycles. The summed E-state index contributed by atoms with van der Waals surface area (Å²) in [5.74, 6) is 1.11. The van der Waals surface area contributed by atoms with Crippen molar-refractivity contribution in [1.29, 1.82) is 0 Å². The van der Waals surface area contributed by atoms with Gasteiger partial charge in [0.2, 0.25) is 0 Å². The average Bonchev–Trinajstić information content (AvgIpc) is 2.74. The molecule has 0 spiro atoms. The van der Waals surface area contributed by atoms with Gasteiger partial charge >= 0.3 is 0 Å². The first kappa shape index (κ1) is 18.0. The van der Waals surface area contributed by atoms with E-state index in [4.69, 9.17) is 0 Å². The summed E-state index contributed by atoms with van der Waals surface area (Å²) in [6, 6.07) is 22.2. The molecule has 1 amide bonds. The van der Waals surface area contributed by atoms with Gasteiger partial charge in [-0.05, 0) is 24.3 Å². The molecular formula is C22H23N3OS. The highest BCUT2D eigenvalue weighted by molar-refractivity contribution is 7.99. The Balaban J connectivity index is 1.28. The summed E-state index contributed by atoms with van der Waals surface area (Å²) in [6.07, 6.45) is 0. The molecule has 0 radical (unpaired) electrons. The lowest BCUT2D eigenvalue weighted by atomic mass is 10.2. The fourth-order valence-corrected chi connectivity index (χ4v) is 4.27. The van der Waals surface area contributed by atoms with Gasteiger partial charge in [-0.3, -0.25) is 9.69 Å². The zero-order valence-corrected chi connectivity index (χ0v) is 16.1. The van der Waals surface area contributed by atoms with Gasteiger partial charge in [0.1, 0.15) is 5.69 Å². The molecule has 0 N–H and O–H groups in total. The number of nitrogens with zero attached hydrogens (tertiary/aromatic N) is 3. The third kappa shape index (κ3) is 4.49. The number of fused-ring (bicyclic) bond motifs is 1. The van der Waals surface area contributed by atoms with Gasteiger partial charge in [-0.15, -0.1) is 11.8 Å². The Morgan fingerprint density at radius 3 is 2.44 bits per heavy atom. The molecule has 1 aliphatic heterocycles. The number of thioether (sulfide) groups is 1. The number of para-hydroxylation sites is 1. The van der Waals surface area contributed by atoms with E-state index in [0.717, 1.165) is 49.4 Å². The highest BCUT2D eigenvalue weighted by Crippen LogP contribution is 2.18. The van der Waals surface area contributed by atoms with E-state index in [1.54, 1.807) is 0 Å². The molecule has 4 rings (SSSR count). The smallest absolute Gasteiger partial charge is 0.272 e. The van der Waals surface area contributed by atoms with Crippen LogP contribution in [0, 0.1) is 0 Å². The summed E-state index contributed by atoms with van der Waals surface area (Å²) in [7, 11) is 0. The number of rotatable bonds is 5. The Hall–Kier alpha value is -2.37. The van der Waals surface area contributed by atoms with Crippen LogP contribution in [0.3, 0.4) is 0 Å². The quantitative estimate of drug-likeness (QED) is 0.634. The normalized spacial score (nSPS) is 15.2. The van der Waals surface area contributed by atoms with Gasteiger partial charge in [0.25, 0.3) is 5.91 Å². The molecule has 0 unspecified atom stereocenters. The van der Waals surface area contributed by atoms with Crippen molar-refractivity contribution in [2.24, 2.45) is 0 Å². The molecule has 138 valence electrons. The van der Waals surface area contributed by atoms with E-state index in [1.165, 1.54) is 4.90 Å². The molecule has 0 saturated carbocycles. The first-order valence-corrected chi connectivity index (χ1v) is 10.3. The van der Waals surface area contributed by atoms with Crippen molar-refractivity contribution in [3.05, 3.63) is 72.4 Å². The molecule has 1 fully saturated rings. The summed E-state index contributed by atoms with van der Waals surface area (Å²) in [5, 5.41) is 1.06. The predicted octanol–water partition coefficient (Wildman–Crippen LogP) is 3.78. The highest BCUT2D eigenvalue weighted by Gasteiger charge is 2.22. The second kappa shape index (κ2) is 8.55. The predicted molar refractivity (Wildman–Crippen MR) is 111 cm³/mol. The van der Waals surface area contributed by atoms with E-state index in [0.29, 0.717) is 5.69 Å². The average molecular weight is 378 g/mol. The SMILES string of the molecule is O=C(c1ccc2ccccc2n1)N1CCN(CCSc2ccccc2)CC1. The van der Waals surface area contributed by atoms with Gasteiger partial charge in [0.15, 0.2) is 0 Å². The third-order valence-electron chi connectivity index (χ3n) is 4.90. The topological polar surface area (TPSA) is 36.4 Å². The zero-order valence-electron chi connectivity index (χ0n) is 15.3. The number of amides is 1. The lowest BCUT2D eigenvalue weighted by Gasteiger charge is -2.34. The number of carbonyl (C=O) groups is 1. The second-order valence-electron chi connectivity index (χ2n) is 6.68. The largest absolute Gasteiger partial charge is 0.335 e. The second-order valence-corrected chi connectivity index (χ2v) is 7.85. The van der Waals surface area contributed by atoms with E-state index in [1.807, 2.05) is 59.1 Å². The van der Waals surface area contributed by atoms with Gasteiger partial charge in [-0.1, -0.05) is 42.5 Å². The van der Waals surface area contributed by atoms with Crippen LogP contribution in [0.15, 0.2) is 71.6 Å². The first-order chi connectivity index (χ1) is 13.3. The molecule has 1 aliphatic rings. The zero-order chi connectivity index (χ0) is 18.5. The van der Waals surface area contributed by atoms with E-state index >= 15 is 0 Å². The number of pyridine rings is 1. The molecule has 1 aromatic heterocycles. The molecule has 1 saturated heterocycles. The Kier molecular flexibility index (Phi) is 5.70. The highest BCUT2D eigenvalue weighted by atomic mass is 32.2. The number of carbonyl (C=O) groups excluding carboxylic acids is 1. The minimum Gasteiger partial charge on any atom is -0.335 e. The number of benzene rings is 2. The van der Waals surface area contributed by atoms with E-state index < -0.39 is 0 Å². The third-order valence-corrected chi connectivity index (χ3v) is 5.89. The lowest BCUT2D eigenvalue weighted by Crippen LogP contribution is -2.49. The van der Waals surface area contributed by atoms with Crippen LogP contribution in [0.1, 0.15) is 10.5 Å². The Morgan fingerprint density at radius 2 is 1.63 bits per heavy atom. The van der Waals surface area contributed by atoms with Crippen molar-refractivity contribution in [1.82, 2.24) is 14.8 Å². The summed E-state index contributed by atoms with van der Waals surface area (Å²) in [6.45, 7) is 4.44. The maximum atomic E-state index is 12.8. The fourth-order valence-electron chi connectivity index (χ4n) is 3.33. The van der Waals surface area contributed by atoms with Gasteiger partial charge in [-0.2, -0.15) is 0 Å². The Bertz CT molecular complexity index is 908. The van der Waals surface area contributed by atoms with Gasteiger partial charge < -0.3 is 4.90 Å². The molecule has 2 aromatic carbocycles. The standard InChI is InChI=1S/C22H23N3OS/c26-22(21-11-10-18-6-4-5-9-20(18)23-21)25-14-12-24(13-15-25)16-17-27-19-7-2-1-3-8-19/h1-11H,12-17H2. The van der Waals surface area contributed by atoms with Crippen LogP contribution in [0.25, 0.3) is 10.9 Å². The molecule has 4 nitrogen and oxygen atoms in total. The van der Waals surface area contributed by atoms with Crippen LogP contribution >= 0.6 is 11.8 Å². The van der Waals surface area contributed by atoms with Crippen LogP contribution in [-0.4, -0.2) is 59.2 Å². The van der Waals surface area contributed by atoms with E-state index in [2.05, 4.69) is 34.1 Å².